The van der Waals surface area contributed by atoms with E-state index in [4.69, 9.17) is 0 Å². The van der Waals surface area contributed by atoms with E-state index < -0.39 is 0 Å². The van der Waals surface area contributed by atoms with Crippen molar-refractivity contribution in [2.24, 2.45) is 0 Å². The fourth-order valence-corrected chi connectivity index (χ4v) is 1.15. The molecule has 2 heteroatoms. The summed E-state index contributed by atoms with van der Waals surface area (Å²) in [6.07, 6.45) is 3.71. The second-order valence-corrected chi connectivity index (χ2v) is 2.93. The Hall–Kier alpha value is -1.15. The highest BCUT2D eigenvalue weighted by Gasteiger charge is 1.99. The van der Waals surface area contributed by atoms with Crippen molar-refractivity contribution in [3.63, 3.8) is 0 Å². The number of hydrogen-bond donors (Lipinski definition) is 1. The molecule has 1 rings (SSSR count). The van der Waals surface area contributed by atoms with Crippen molar-refractivity contribution in [2.45, 2.75) is 6.92 Å². The largest absolute Gasteiger partial charge is 0.316 e. The fourth-order valence-electron chi connectivity index (χ4n) is 1.15. The van der Waals surface area contributed by atoms with Crippen molar-refractivity contribution in [3.05, 3.63) is 41.2 Å². The molecule has 0 aliphatic heterocycles. The summed E-state index contributed by atoms with van der Waals surface area (Å²) in [4.78, 5) is 0. The first kappa shape index (κ1) is 9.93. The van der Waals surface area contributed by atoms with Gasteiger partial charge in [0.15, 0.2) is 0 Å². The highest BCUT2D eigenvalue weighted by atomic mass is 19.1. The van der Waals surface area contributed by atoms with Gasteiger partial charge in [-0.15, -0.1) is 0 Å². The Labute approximate surface area is 78.3 Å². The summed E-state index contributed by atoms with van der Waals surface area (Å²) in [5.74, 6) is -0.160. The summed E-state index contributed by atoms with van der Waals surface area (Å²) in [5, 5.41) is 2.97. The van der Waals surface area contributed by atoms with Crippen LogP contribution in [0.5, 0.6) is 0 Å². The Morgan fingerprint density at radius 1 is 1.46 bits per heavy atom. The molecule has 1 N–H and O–H groups in total. The quantitative estimate of drug-likeness (QED) is 0.751. The third kappa shape index (κ3) is 2.67. The van der Waals surface area contributed by atoms with Gasteiger partial charge in [-0.05, 0) is 25.6 Å². The Morgan fingerprint density at radius 3 is 2.85 bits per heavy atom. The average Bonchev–Trinajstić information content (AvgIpc) is 2.10. The van der Waals surface area contributed by atoms with Crippen LogP contribution in [0, 0.1) is 12.7 Å². The van der Waals surface area contributed by atoms with Gasteiger partial charge in [0, 0.05) is 12.1 Å². The summed E-state index contributed by atoms with van der Waals surface area (Å²) < 4.78 is 13.2. The van der Waals surface area contributed by atoms with Crippen molar-refractivity contribution in [3.8, 4) is 0 Å². The van der Waals surface area contributed by atoms with Crippen LogP contribution in [0.25, 0.3) is 6.08 Å². The van der Waals surface area contributed by atoms with Gasteiger partial charge in [-0.3, -0.25) is 0 Å². The molecular weight excluding hydrogens is 165 g/mol. The summed E-state index contributed by atoms with van der Waals surface area (Å²) in [6, 6.07) is 5.11. The van der Waals surface area contributed by atoms with Crippen molar-refractivity contribution in [2.75, 3.05) is 13.6 Å². The third-order valence-electron chi connectivity index (χ3n) is 1.88. The molecule has 1 aromatic rings. The highest BCUT2D eigenvalue weighted by molar-refractivity contribution is 5.54. The van der Waals surface area contributed by atoms with Crippen LogP contribution in [0.2, 0.25) is 0 Å². The first-order valence-corrected chi connectivity index (χ1v) is 4.32. The number of halogens is 1. The van der Waals surface area contributed by atoms with Crippen LogP contribution in [-0.2, 0) is 0 Å². The summed E-state index contributed by atoms with van der Waals surface area (Å²) >= 11 is 0. The Morgan fingerprint density at radius 2 is 2.23 bits per heavy atom. The van der Waals surface area contributed by atoms with Crippen LogP contribution in [0.3, 0.4) is 0 Å². The highest BCUT2D eigenvalue weighted by Crippen LogP contribution is 2.13. The van der Waals surface area contributed by atoms with E-state index in [-0.39, 0.29) is 5.82 Å². The fraction of sp³-hybridized carbons (Fsp3) is 0.273. The van der Waals surface area contributed by atoms with Gasteiger partial charge < -0.3 is 5.32 Å². The van der Waals surface area contributed by atoms with Crippen LogP contribution >= 0.6 is 0 Å². The Bertz CT molecular complexity index is 285. The lowest BCUT2D eigenvalue weighted by atomic mass is 10.1. The molecule has 0 bridgehead atoms. The van der Waals surface area contributed by atoms with E-state index in [1.165, 1.54) is 6.07 Å². The van der Waals surface area contributed by atoms with Gasteiger partial charge in [-0.2, -0.15) is 0 Å². The van der Waals surface area contributed by atoms with Crippen LogP contribution in [0.4, 0.5) is 4.39 Å². The molecule has 0 saturated heterocycles. The number of aryl methyl sites for hydroxylation is 1. The average molecular weight is 179 g/mol. The smallest absolute Gasteiger partial charge is 0.130 e. The van der Waals surface area contributed by atoms with E-state index in [1.54, 1.807) is 12.1 Å². The van der Waals surface area contributed by atoms with Gasteiger partial charge in [0.05, 0.1) is 0 Å². The molecule has 0 atom stereocenters. The van der Waals surface area contributed by atoms with Crippen LogP contribution in [-0.4, -0.2) is 13.6 Å². The molecule has 0 aliphatic carbocycles. The van der Waals surface area contributed by atoms with Crippen molar-refractivity contribution in [1.82, 2.24) is 5.32 Å². The minimum absolute atomic E-state index is 0.160. The molecule has 0 saturated carbocycles. The van der Waals surface area contributed by atoms with E-state index in [0.717, 1.165) is 12.1 Å². The van der Waals surface area contributed by atoms with E-state index in [2.05, 4.69) is 5.32 Å². The SMILES string of the molecule is CNCC=Cc1c(C)cccc1F. The number of rotatable bonds is 3. The van der Waals surface area contributed by atoms with Crippen LogP contribution in [0.15, 0.2) is 24.3 Å². The van der Waals surface area contributed by atoms with E-state index in [0.29, 0.717) is 5.56 Å². The van der Waals surface area contributed by atoms with E-state index in [9.17, 15) is 4.39 Å². The zero-order chi connectivity index (χ0) is 9.68. The third-order valence-corrected chi connectivity index (χ3v) is 1.88. The molecule has 0 amide bonds. The molecule has 0 fully saturated rings. The Balaban J connectivity index is 2.87. The second kappa shape index (κ2) is 4.77. The maximum atomic E-state index is 13.2. The predicted molar refractivity (Wildman–Crippen MR) is 54.1 cm³/mol. The van der Waals surface area contributed by atoms with Crippen LogP contribution in [0.1, 0.15) is 11.1 Å². The molecule has 70 valence electrons. The van der Waals surface area contributed by atoms with Crippen molar-refractivity contribution < 1.29 is 4.39 Å². The van der Waals surface area contributed by atoms with E-state index >= 15 is 0 Å². The molecule has 0 aromatic heterocycles. The van der Waals surface area contributed by atoms with Gasteiger partial charge in [-0.25, -0.2) is 4.39 Å². The lowest BCUT2D eigenvalue weighted by molar-refractivity contribution is 0.623. The first-order valence-electron chi connectivity index (χ1n) is 4.32. The van der Waals surface area contributed by atoms with Gasteiger partial charge >= 0.3 is 0 Å². The summed E-state index contributed by atoms with van der Waals surface area (Å²) in [5.41, 5.74) is 1.64. The van der Waals surface area contributed by atoms with Crippen molar-refractivity contribution in [1.29, 1.82) is 0 Å². The molecule has 0 unspecified atom stereocenters. The normalized spacial score (nSPS) is 11.0. The van der Waals surface area contributed by atoms with Gasteiger partial charge in [-0.1, -0.05) is 24.3 Å². The van der Waals surface area contributed by atoms with Gasteiger partial charge in [0.2, 0.25) is 0 Å². The molecule has 1 aromatic carbocycles. The second-order valence-electron chi connectivity index (χ2n) is 2.93. The maximum Gasteiger partial charge on any atom is 0.130 e. The number of benzene rings is 1. The zero-order valence-electron chi connectivity index (χ0n) is 7.97. The number of nitrogens with one attached hydrogen (secondary N) is 1. The first-order chi connectivity index (χ1) is 6.25. The van der Waals surface area contributed by atoms with Gasteiger partial charge in [0.1, 0.15) is 5.82 Å². The van der Waals surface area contributed by atoms with E-state index in [1.807, 2.05) is 26.1 Å². The maximum absolute atomic E-state index is 13.2. The topological polar surface area (TPSA) is 12.0 Å². The predicted octanol–water partition coefficient (Wildman–Crippen LogP) is 2.37. The molecule has 13 heavy (non-hydrogen) atoms. The monoisotopic (exact) mass is 179 g/mol. The Kier molecular flexibility index (Phi) is 3.65. The lowest BCUT2D eigenvalue weighted by Crippen LogP contribution is -2.03. The lowest BCUT2D eigenvalue weighted by Gasteiger charge is -2.00. The van der Waals surface area contributed by atoms with Crippen molar-refractivity contribution >= 4 is 6.08 Å². The minimum Gasteiger partial charge on any atom is -0.316 e. The number of hydrogen-bond acceptors (Lipinski definition) is 1. The standard InChI is InChI=1S/C11H14FN/c1-9-5-3-7-11(12)10(9)6-4-8-13-2/h3-7,13H,8H2,1-2H3. The molecule has 0 spiro atoms. The number of likely N-dealkylation sites (N-methyl/N-ethyl adjacent to an activating group) is 1. The molecular formula is C11H14FN. The molecule has 1 nitrogen and oxygen atoms in total. The summed E-state index contributed by atoms with van der Waals surface area (Å²) in [7, 11) is 1.86. The zero-order valence-corrected chi connectivity index (χ0v) is 7.97. The molecule has 0 aliphatic rings. The minimum atomic E-state index is -0.160. The molecule has 0 radical (unpaired) electrons. The summed E-state index contributed by atoms with van der Waals surface area (Å²) in [6.45, 7) is 2.66. The van der Waals surface area contributed by atoms with Crippen LogP contribution < -0.4 is 5.32 Å². The van der Waals surface area contributed by atoms with Gasteiger partial charge in [0.25, 0.3) is 0 Å². The molecule has 0 heterocycles.